The van der Waals surface area contributed by atoms with E-state index >= 15 is 0 Å². The molecule has 0 bridgehead atoms. The summed E-state index contributed by atoms with van der Waals surface area (Å²) in [5.74, 6) is 0.709. The molecule has 140 valence electrons. The summed E-state index contributed by atoms with van der Waals surface area (Å²) in [5.41, 5.74) is 2.34. The molecule has 1 aliphatic heterocycles. The first-order valence-electron chi connectivity index (χ1n) is 10.3. The Kier molecular flexibility index (Phi) is 5.87. The molecule has 1 heterocycles. The van der Waals surface area contributed by atoms with Gasteiger partial charge in [-0.2, -0.15) is 5.26 Å². The Bertz CT molecular complexity index is 749. The van der Waals surface area contributed by atoms with Gasteiger partial charge >= 0.3 is 0 Å². The fourth-order valence-corrected chi connectivity index (χ4v) is 4.68. The molecule has 2 aromatic rings. The summed E-state index contributed by atoms with van der Waals surface area (Å²) in [6.45, 7) is 0. The van der Waals surface area contributed by atoms with Crippen molar-refractivity contribution in [2.24, 2.45) is 5.92 Å². The number of hydrogen-bond donors (Lipinski definition) is 1. The van der Waals surface area contributed by atoms with E-state index in [-0.39, 0.29) is 18.2 Å². The summed E-state index contributed by atoms with van der Waals surface area (Å²) in [4.78, 5) is 0. The van der Waals surface area contributed by atoms with E-state index < -0.39 is 6.10 Å². The van der Waals surface area contributed by atoms with Crippen molar-refractivity contribution in [3.05, 3.63) is 71.8 Å². The molecule has 0 radical (unpaired) electrons. The summed E-state index contributed by atoms with van der Waals surface area (Å²) in [6, 6.07) is 23.4. The van der Waals surface area contributed by atoms with Gasteiger partial charge in [0, 0.05) is 6.04 Å². The van der Waals surface area contributed by atoms with Gasteiger partial charge in [0.1, 0.15) is 6.10 Å². The predicted molar refractivity (Wildman–Crippen MR) is 107 cm³/mol. The highest BCUT2D eigenvalue weighted by Crippen LogP contribution is 2.39. The first-order chi connectivity index (χ1) is 13.3. The molecule has 2 aliphatic rings. The molecule has 1 unspecified atom stereocenters. The van der Waals surface area contributed by atoms with Gasteiger partial charge in [-0.05, 0) is 23.5 Å². The highest BCUT2D eigenvalue weighted by molar-refractivity contribution is 5.28. The molecule has 0 amide bonds. The Hall–Kier alpha value is -2.15. The van der Waals surface area contributed by atoms with Gasteiger partial charge < -0.3 is 10.1 Å². The van der Waals surface area contributed by atoms with Crippen molar-refractivity contribution in [3.63, 3.8) is 0 Å². The van der Waals surface area contributed by atoms with E-state index in [2.05, 4.69) is 47.8 Å². The molecule has 4 rings (SSSR count). The fourth-order valence-electron chi connectivity index (χ4n) is 4.68. The summed E-state index contributed by atoms with van der Waals surface area (Å²) in [6.07, 6.45) is 7.05. The van der Waals surface area contributed by atoms with E-state index in [1.807, 2.05) is 24.3 Å². The molecule has 0 spiro atoms. The SMILES string of the molecule is N#CC1O[C@@H](c2ccccc2)[C@@H](c2ccccc2)N[C@@H]1CC1CCCCC1. The second-order valence-electron chi connectivity index (χ2n) is 7.92. The van der Waals surface area contributed by atoms with Crippen LogP contribution in [0.1, 0.15) is 61.8 Å². The van der Waals surface area contributed by atoms with E-state index in [1.54, 1.807) is 0 Å². The van der Waals surface area contributed by atoms with Crippen LogP contribution in [-0.4, -0.2) is 12.1 Å². The van der Waals surface area contributed by atoms with Gasteiger partial charge in [-0.3, -0.25) is 0 Å². The average Bonchev–Trinajstić information content (AvgIpc) is 2.75. The van der Waals surface area contributed by atoms with Crippen LogP contribution >= 0.6 is 0 Å². The number of ether oxygens (including phenoxy) is 1. The second-order valence-corrected chi connectivity index (χ2v) is 7.92. The van der Waals surface area contributed by atoms with Crippen molar-refractivity contribution in [2.45, 2.75) is 62.8 Å². The number of nitrogens with zero attached hydrogens (tertiary/aromatic N) is 1. The van der Waals surface area contributed by atoms with Crippen molar-refractivity contribution in [1.29, 1.82) is 5.26 Å². The number of nitrogens with one attached hydrogen (secondary N) is 1. The van der Waals surface area contributed by atoms with Crippen LogP contribution < -0.4 is 5.32 Å². The molecule has 1 saturated heterocycles. The molecular formula is C24H28N2O. The zero-order valence-electron chi connectivity index (χ0n) is 15.8. The maximum Gasteiger partial charge on any atom is 0.160 e. The van der Waals surface area contributed by atoms with Crippen LogP contribution in [0.2, 0.25) is 0 Å². The number of benzene rings is 2. The zero-order valence-corrected chi connectivity index (χ0v) is 15.8. The minimum absolute atomic E-state index is 0.0618. The summed E-state index contributed by atoms with van der Waals surface area (Å²) >= 11 is 0. The minimum atomic E-state index is -0.405. The van der Waals surface area contributed by atoms with Gasteiger partial charge in [0.25, 0.3) is 0 Å². The van der Waals surface area contributed by atoms with E-state index in [9.17, 15) is 5.26 Å². The van der Waals surface area contributed by atoms with Crippen LogP contribution in [0.15, 0.2) is 60.7 Å². The zero-order chi connectivity index (χ0) is 18.5. The first-order valence-corrected chi connectivity index (χ1v) is 10.3. The van der Waals surface area contributed by atoms with Crippen LogP contribution in [0.3, 0.4) is 0 Å². The van der Waals surface area contributed by atoms with Gasteiger partial charge in [-0.25, -0.2) is 0 Å². The van der Waals surface area contributed by atoms with E-state index in [1.165, 1.54) is 37.7 Å². The Balaban J connectivity index is 1.60. The smallest absolute Gasteiger partial charge is 0.160 e. The van der Waals surface area contributed by atoms with Crippen LogP contribution in [-0.2, 0) is 4.74 Å². The lowest BCUT2D eigenvalue weighted by molar-refractivity contribution is -0.0709. The molecule has 1 saturated carbocycles. The number of morpholine rings is 1. The molecule has 27 heavy (non-hydrogen) atoms. The monoisotopic (exact) mass is 360 g/mol. The predicted octanol–water partition coefficient (Wildman–Crippen LogP) is 5.32. The van der Waals surface area contributed by atoms with E-state index in [0.717, 1.165) is 12.0 Å². The third-order valence-electron chi connectivity index (χ3n) is 6.08. The highest BCUT2D eigenvalue weighted by Gasteiger charge is 2.40. The lowest BCUT2D eigenvalue weighted by Gasteiger charge is -2.42. The summed E-state index contributed by atoms with van der Waals surface area (Å²) < 4.78 is 6.42. The van der Waals surface area contributed by atoms with Crippen molar-refractivity contribution in [2.75, 3.05) is 0 Å². The van der Waals surface area contributed by atoms with Crippen LogP contribution in [0.25, 0.3) is 0 Å². The van der Waals surface area contributed by atoms with Gasteiger partial charge in [-0.1, -0.05) is 92.8 Å². The lowest BCUT2D eigenvalue weighted by atomic mass is 9.82. The number of rotatable bonds is 4. The van der Waals surface area contributed by atoms with Crippen molar-refractivity contribution >= 4 is 0 Å². The molecule has 1 aliphatic carbocycles. The molecule has 0 aromatic heterocycles. The largest absolute Gasteiger partial charge is 0.352 e. The topological polar surface area (TPSA) is 45.0 Å². The standard InChI is InChI=1S/C24H28N2O/c25-17-22-21(16-18-10-4-1-5-11-18)26-23(19-12-6-2-7-13-19)24(27-22)20-14-8-3-9-15-20/h2-3,6-9,12-15,18,21-24,26H,1,4-5,10-11,16H2/t21-,22?,23-,24+/m1/s1. The second kappa shape index (κ2) is 8.69. The van der Waals surface area contributed by atoms with E-state index in [0.29, 0.717) is 5.92 Å². The Morgan fingerprint density at radius 1 is 0.889 bits per heavy atom. The van der Waals surface area contributed by atoms with Crippen LogP contribution in [0.4, 0.5) is 0 Å². The third kappa shape index (κ3) is 4.24. The first kappa shape index (κ1) is 18.2. The minimum Gasteiger partial charge on any atom is -0.352 e. The van der Waals surface area contributed by atoms with Crippen LogP contribution in [0.5, 0.6) is 0 Å². The van der Waals surface area contributed by atoms with Crippen molar-refractivity contribution in [3.8, 4) is 6.07 Å². The Morgan fingerprint density at radius 3 is 2.15 bits per heavy atom. The van der Waals surface area contributed by atoms with Gasteiger partial charge in [0.05, 0.1) is 12.1 Å². The molecule has 3 nitrogen and oxygen atoms in total. The normalized spacial score (nSPS) is 29.1. The Labute approximate surface area is 162 Å². The summed E-state index contributed by atoms with van der Waals surface area (Å²) in [5, 5.41) is 13.6. The van der Waals surface area contributed by atoms with Crippen LogP contribution in [0, 0.1) is 17.2 Å². The van der Waals surface area contributed by atoms with E-state index in [4.69, 9.17) is 4.74 Å². The molecule has 2 aromatic carbocycles. The van der Waals surface area contributed by atoms with Gasteiger partial charge in [0.2, 0.25) is 0 Å². The maximum atomic E-state index is 9.80. The fraction of sp³-hybridized carbons (Fsp3) is 0.458. The third-order valence-corrected chi connectivity index (χ3v) is 6.08. The molecule has 2 fully saturated rings. The van der Waals surface area contributed by atoms with Crippen molar-refractivity contribution < 1.29 is 4.74 Å². The summed E-state index contributed by atoms with van der Waals surface area (Å²) in [7, 11) is 0. The van der Waals surface area contributed by atoms with Crippen molar-refractivity contribution in [1.82, 2.24) is 5.32 Å². The number of hydrogen-bond acceptors (Lipinski definition) is 3. The molecule has 3 heteroatoms. The molecular weight excluding hydrogens is 332 g/mol. The van der Waals surface area contributed by atoms with Gasteiger partial charge in [0.15, 0.2) is 6.10 Å². The lowest BCUT2D eigenvalue weighted by Crippen LogP contribution is -2.51. The molecule has 4 atom stereocenters. The molecule has 1 N–H and O–H groups in total. The average molecular weight is 361 g/mol. The quantitative estimate of drug-likeness (QED) is 0.802. The highest BCUT2D eigenvalue weighted by atomic mass is 16.5. The Morgan fingerprint density at radius 2 is 1.52 bits per heavy atom. The maximum absolute atomic E-state index is 9.80. The number of nitriles is 1. The van der Waals surface area contributed by atoms with Gasteiger partial charge in [-0.15, -0.1) is 0 Å².